The molecule has 0 aliphatic rings. The Morgan fingerprint density at radius 3 is 2.92 bits per heavy atom. The maximum absolute atomic E-state index is 5.94. The van der Waals surface area contributed by atoms with Crippen LogP contribution >= 0.6 is 27.3 Å². The molecule has 0 aromatic carbocycles. The summed E-state index contributed by atoms with van der Waals surface area (Å²) >= 11 is 5.12. The van der Waals surface area contributed by atoms with Gasteiger partial charge in [0.05, 0.1) is 3.79 Å². The molecule has 0 fully saturated rings. The van der Waals surface area contributed by atoms with Crippen LogP contribution in [0, 0.1) is 0 Å². The third-order valence-electron chi connectivity index (χ3n) is 1.64. The van der Waals surface area contributed by atoms with Gasteiger partial charge in [0, 0.05) is 10.9 Å². The predicted molar refractivity (Wildman–Crippen MR) is 58.4 cm³/mol. The second-order valence-corrected chi connectivity index (χ2v) is 5.11. The second-order valence-electron chi connectivity index (χ2n) is 2.61. The van der Waals surface area contributed by atoms with Gasteiger partial charge in [-0.1, -0.05) is 6.08 Å². The first-order valence-corrected chi connectivity index (χ1v) is 5.46. The molecule has 0 spiro atoms. The van der Waals surface area contributed by atoms with Gasteiger partial charge in [-0.25, -0.2) is 0 Å². The monoisotopic (exact) mass is 245 g/mol. The lowest BCUT2D eigenvalue weighted by Crippen LogP contribution is -2.07. The van der Waals surface area contributed by atoms with Crippen molar-refractivity contribution in [3.05, 3.63) is 33.5 Å². The Labute approximate surface area is 85.4 Å². The standard InChI is InChI=1S/C9H12BrNS/c1-2-3-4-7(11)8-5-6-9(10)12-8/h2,5-7H,1,3-4,11H2/t7-/m1/s1. The molecule has 3 heteroatoms. The van der Waals surface area contributed by atoms with Crippen molar-refractivity contribution >= 4 is 27.3 Å². The van der Waals surface area contributed by atoms with Gasteiger partial charge in [-0.2, -0.15) is 0 Å². The van der Waals surface area contributed by atoms with Gasteiger partial charge in [-0.15, -0.1) is 17.9 Å². The zero-order chi connectivity index (χ0) is 8.97. The molecule has 1 aromatic heterocycles. The van der Waals surface area contributed by atoms with Gasteiger partial charge in [-0.05, 0) is 40.9 Å². The Morgan fingerprint density at radius 2 is 2.42 bits per heavy atom. The van der Waals surface area contributed by atoms with E-state index in [2.05, 4.69) is 28.6 Å². The molecule has 2 N–H and O–H groups in total. The molecule has 1 atom stereocenters. The highest BCUT2D eigenvalue weighted by atomic mass is 79.9. The third kappa shape index (κ3) is 2.73. The van der Waals surface area contributed by atoms with Crippen molar-refractivity contribution in [1.29, 1.82) is 0 Å². The summed E-state index contributed by atoms with van der Waals surface area (Å²) in [5.74, 6) is 0. The van der Waals surface area contributed by atoms with Gasteiger partial charge in [0.15, 0.2) is 0 Å². The van der Waals surface area contributed by atoms with Gasteiger partial charge >= 0.3 is 0 Å². The van der Waals surface area contributed by atoms with Crippen LogP contribution in [0.2, 0.25) is 0 Å². The molecule has 0 unspecified atom stereocenters. The topological polar surface area (TPSA) is 26.0 Å². The molecule has 12 heavy (non-hydrogen) atoms. The maximum atomic E-state index is 5.94. The van der Waals surface area contributed by atoms with Gasteiger partial charge in [0.2, 0.25) is 0 Å². The Hall–Kier alpha value is -0.120. The molecule has 66 valence electrons. The lowest BCUT2D eigenvalue weighted by atomic mass is 10.1. The van der Waals surface area contributed by atoms with E-state index in [9.17, 15) is 0 Å². The Balaban J connectivity index is 2.52. The molecular weight excluding hydrogens is 234 g/mol. The van der Waals surface area contributed by atoms with E-state index in [4.69, 9.17) is 5.73 Å². The lowest BCUT2D eigenvalue weighted by molar-refractivity contribution is 0.673. The van der Waals surface area contributed by atoms with E-state index >= 15 is 0 Å². The van der Waals surface area contributed by atoms with Crippen molar-refractivity contribution in [3.8, 4) is 0 Å². The second kappa shape index (κ2) is 4.80. The summed E-state index contributed by atoms with van der Waals surface area (Å²) in [4.78, 5) is 1.24. The van der Waals surface area contributed by atoms with Crippen molar-refractivity contribution in [3.63, 3.8) is 0 Å². The van der Waals surface area contributed by atoms with Crippen LogP contribution in [0.25, 0.3) is 0 Å². The number of hydrogen-bond donors (Lipinski definition) is 1. The van der Waals surface area contributed by atoms with Gasteiger partial charge in [-0.3, -0.25) is 0 Å². The minimum absolute atomic E-state index is 0.166. The fourth-order valence-electron chi connectivity index (χ4n) is 0.967. The van der Waals surface area contributed by atoms with E-state index in [1.807, 2.05) is 12.1 Å². The largest absolute Gasteiger partial charge is 0.323 e. The van der Waals surface area contributed by atoms with Crippen LogP contribution in [0.3, 0.4) is 0 Å². The molecule has 0 amide bonds. The number of allylic oxidation sites excluding steroid dienone is 1. The Bertz CT molecular complexity index is 257. The zero-order valence-corrected chi connectivity index (χ0v) is 9.20. The number of nitrogens with two attached hydrogens (primary N) is 1. The van der Waals surface area contributed by atoms with Crippen LogP contribution in [0.15, 0.2) is 28.6 Å². The highest BCUT2D eigenvalue weighted by molar-refractivity contribution is 9.11. The molecule has 0 radical (unpaired) electrons. The average Bonchev–Trinajstić information content (AvgIpc) is 2.47. The Kier molecular flexibility index (Phi) is 3.98. The predicted octanol–water partition coefficient (Wildman–Crippen LogP) is 3.48. The minimum Gasteiger partial charge on any atom is -0.323 e. The summed E-state index contributed by atoms with van der Waals surface area (Å²) < 4.78 is 1.14. The van der Waals surface area contributed by atoms with E-state index in [-0.39, 0.29) is 6.04 Å². The number of rotatable bonds is 4. The molecule has 0 saturated carbocycles. The molecule has 0 bridgehead atoms. The first-order chi connectivity index (χ1) is 5.74. The van der Waals surface area contributed by atoms with Crippen LogP contribution in [0.1, 0.15) is 23.8 Å². The van der Waals surface area contributed by atoms with Crippen molar-refractivity contribution in [2.75, 3.05) is 0 Å². The smallest absolute Gasteiger partial charge is 0.0701 e. The van der Waals surface area contributed by atoms with Crippen LogP contribution in [0.4, 0.5) is 0 Å². The van der Waals surface area contributed by atoms with Crippen molar-refractivity contribution in [2.24, 2.45) is 5.73 Å². The molecule has 0 aliphatic heterocycles. The van der Waals surface area contributed by atoms with Crippen molar-refractivity contribution in [1.82, 2.24) is 0 Å². The average molecular weight is 246 g/mol. The van der Waals surface area contributed by atoms with E-state index in [0.717, 1.165) is 16.6 Å². The zero-order valence-electron chi connectivity index (χ0n) is 6.79. The van der Waals surface area contributed by atoms with Crippen molar-refractivity contribution < 1.29 is 0 Å². The highest BCUT2D eigenvalue weighted by Crippen LogP contribution is 2.28. The first kappa shape index (κ1) is 9.96. The lowest BCUT2D eigenvalue weighted by Gasteiger charge is -2.06. The molecule has 0 aliphatic carbocycles. The van der Waals surface area contributed by atoms with E-state index in [1.165, 1.54) is 4.88 Å². The highest BCUT2D eigenvalue weighted by Gasteiger charge is 2.06. The minimum atomic E-state index is 0.166. The van der Waals surface area contributed by atoms with E-state index in [1.54, 1.807) is 11.3 Å². The summed E-state index contributed by atoms with van der Waals surface area (Å²) in [7, 11) is 0. The summed E-state index contributed by atoms with van der Waals surface area (Å²) in [5.41, 5.74) is 5.94. The van der Waals surface area contributed by atoms with Gasteiger partial charge in [0.1, 0.15) is 0 Å². The van der Waals surface area contributed by atoms with Gasteiger partial charge < -0.3 is 5.73 Å². The number of thiophene rings is 1. The van der Waals surface area contributed by atoms with Crippen LogP contribution in [0.5, 0.6) is 0 Å². The summed E-state index contributed by atoms with van der Waals surface area (Å²) in [6.45, 7) is 3.67. The molecule has 1 aromatic rings. The number of hydrogen-bond acceptors (Lipinski definition) is 2. The van der Waals surface area contributed by atoms with Crippen LogP contribution in [-0.4, -0.2) is 0 Å². The van der Waals surface area contributed by atoms with Crippen LogP contribution in [-0.2, 0) is 0 Å². The van der Waals surface area contributed by atoms with Crippen molar-refractivity contribution in [2.45, 2.75) is 18.9 Å². The SMILES string of the molecule is C=CCC[C@@H](N)c1ccc(Br)s1. The molecule has 1 heterocycles. The summed E-state index contributed by atoms with van der Waals surface area (Å²) in [6, 6.07) is 4.27. The maximum Gasteiger partial charge on any atom is 0.0701 e. The molecular formula is C9H12BrNS. The van der Waals surface area contributed by atoms with Gasteiger partial charge in [0.25, 0.3) is 0 Å². The summed E-state index contributed by atoms with van der Waals surface area (Å²) in [6.07, 6.45) is 3.87. The number of halogens is 1. The first-order valence-electron chi connectivity index (χ1n) is 3.85. The van der Waals surface area contributed by atoms with E-state index < -0.39 is 0 Å². The fraction of sp³-hybridized carbons (Fsp3) is 0.333. The Morgan fingerprint density at radius 1 is 1.67 bits per heavy atom. The van der Waals surface area contributed by atoms with E-state index in [0.29, 0.717) is 0 Å². The fourth-order valence-corrected chi connectivity index (χ4v) is 2.43. The van der Waals surface area contributed by atoms with Crippen LogP contribution < -0.4 is 5.73 Å². The molecule has 1 nitrogen and oxygen atoms in total. The molecule has 0 saturated heterocycles. The molecule has 1 rings (SSSR count). The summed E-state index contributed by atoms with van der Waals surface area (Å²) in [5, 5.41) is 0. The normalized spacial score (nSPS) is 12.8. The third-order valence-corrected chi connectivity index (χ3v) is 3.40. The quantitative estimate of drug-likeness (QED) is 0.809.